The third kappa shape index (κ3) is 4.56. The van der Waals surface area contributed by atoms with Gasteiger partial charge in [-0.2, -0.15) is 4.68 Å². The molecule has 2 aromatic carbocycles. The van der Waals surface area contributed by atoms with Crippen LogP contribution in [0.15, 0.2) is 63.8 Å². The topological polar surface area (TPSA) is 83.6 Å². The number of hydrogen-bond acceptors (Lipinski definition) is 6. The van der Waals surface area contributed by atoms with E-state index in [2.05, 4.69) is 5.10 Å². The van der Waals surface area contributed by atoms with Gasteiger partial charge in [0.05, 0.1) is 0 Å². The molecule has 0 unspecified atom stereocenters. The molecule has 0 fully saturated rings. The summed E-state index contributed by atoms with van der Waals surface area (Å²) in [6.07, 6.45) is 0. The second kappa shape index (κ2) is 8.11. The molecule has 0 atom stereocenters. The lowest BCUT2D eigenvalue weighted by Gasteiger charge is -2.06. The van der Waals surface area contributed by atoms with Crippen molar-refractivity contribution in [2.45, 2.75) is 6.54 Å². The average Bonchev–Trinajstić information content (AvgIpc) is 3.01. The van der Waals surface area contributed by atoms with E-state index in [1.54, 1.807) is 12.1 Å². The summed E-state index contributed by atoms with van der Waals surface area (Å²) < 4.78 is 29.1. The summed E-state index contributed by atoms with van der Waals surface area (Å²) in [7, 11) is 0. The van der Waals surface area contributed by atoms with Gasteiger partial charge in [-0.3, -0.25) is 4.79 Å². The Kier molecular flexibility index (Phi) is 5.43. The highest BCUT2D eigenvalue weighted by Gasteiger charge is 2.14. The molecular weight excluding hydrogens is 343 g/mol. The van der Waals surface area contributed by atoms with Crippen molar-refractivity contribution in [3.05, 3.63) is 71.0 Å². The van der Waals surface area contributed by atoms with E-state index in [0.29, 0.717) is 11.3 Å². The van der Waals surface area contributed by atoms with Crippen molar-refractivity contribution in [1.29, 1.82) is 0 Å². The van der Waals surface area contributed by atoms with Gasteiger partial charge in [0.15, 0.2) is 0 Å². The zero-order chi connectivity index (χ0) is 18.4. The van der Waals surface area contributed by atoms with Crippen molar-refractivity contribution >= 4 is 5.97 Å². The van der Waals surface area contributed by atoms with E-state index >= 15 is 0 Å². The van der Waals surface area contributed by atoms with Gasteiger partial charge < -0.3 is 13.9 Å². The predicted octanol–water partition coefficient (Wildman–Crippen LogP) is 2.26. The number of para-hydroxylation sites is 1. The molecule has 1 aromatic heterocycles. The Bertz CT molecular complexity index is 919. The summed E-state index contributed by atoms with van der Waals surface area (Å²) in [5.41, 5.74) is 0.423. The molecule has 1 heterocycles. The Morgan fingerprint density at radius 1 is 1.08 bits per heavy atom. The minimum atomic E-state index is -0.804. The van der Waals surface area contributed by atoms with Gasteiger partial charge in [-0.05, 0) is 36.4 Å². The lowest BCUT2D eigenvalue weighted by molar-refractivity contribution is -0.145. The molecule has 0 N–H and O–H groups in total. The highest BCUT2D eigenvalue weighted by Crippen LogP contribution is 2.15. The van der Waals surface area contributed by atoms with Gasteiger partial charge in [0.2, 0.25) is 5.89 Å². The molecule has 0 aliphatic carbocycles. The van der Waals surface area contributed by atoms with Gasteiger partial charge in [-0.1, -0.05) is 18.2 Å². The monoisotopic (exact) mass is 358 g/mol. The van der Waals surface area contributed by atoms with Gasteiger partial charge >= 0.3 is 11.7 Å². The number of hydrogen-bond donors (Lipinski definition) is 0. The number of halogens is 1. The Labute approximate surface area is 147 Å². The van der Waals surface area contributed by atoms with E-state index in [1.807, 2.05) is 18.2 Å². The van der Waals surface area contributed by atoms with Crippen LogP contribution in [0.25, 0.3) is 11.5 Å². The molecule has 3 rings (SSSR count). The van der Waals surface area contributed by atoms with Gasteiger partial charge in [0.1, 0.15) is 31.3 Å². The lowest BCUT2D eigenvalue weighted by atomic mass is 10.2. The van der Waals surface area contributed by atoms with Gasteiger partial charge in [-0.15, -0.1) is 5.10 Å². The van der Waals surface area contributed by atoms with Crippen molar-refractivity contribution in [3.63, 3.8) is 0 Å². The van der Waals surface area contributed by atoms with Crippen LogP contribution in [0.5, 0.6) is 5.75 Å². The van der Waals surface area contributed by atoms with Crippen LogP contribution in [-0.2, 0) is 16.1 Å². The Balaban J connectivity index is 1.51. The van der Waals surface area contributed by atoms with E-state index in [1.165, 1.54) is 24.3 Å². The first-order valence-electron chi connectivity index (χ1n) is 7.79. The van der Waals surface area contributed by atoms with Crippen LogP contribution >= 0.6 is 0 Å². The highest BCUT2D eigenvalue weighted by molar-refractivity contribution is 5.69. The largest absolute Gasteiger partial charge is 0.490 e. The molecule has 0 bridgehead atoms. The van der Waals surface area contributed by atoms with Crippen LogP contribution in [0.4, 0.5) is 4.39 Å². The second-order valence-corrected chi connectivity index (χ2v) is 5.22. The molecule has 0 radical (unpaired) electrons. The van der Waals surface area contributed by atoms with Crippen LogP contribution < -0.4 is 10.5 Å². The minimum absolute atomic E-state index is 0.00443. The standard InChI is InChI=1S/C18H15FN2O5/c19-14-8-6-13(7-9-14)17-20-21(18(23)26-17)12-16(22)25-11-10-24-15-4-2-1-3-5-15/h1-9H,10-12H2. The van der Waals surface area contributed by atoms with E-state index in [9.17, 15) is 14.0 Å². The molecule has 8 heteroatoms. The number of nitrogens with zero attached hydrogens (tertiary/aromatic N) is 2. The Hall–Kier alpha value is -3.42. The number of rotatable bonds is 7. The zero-order valence-electron chi connectivity index (χ0n) is 13.6. The summed E-state index contributed by atoms with van der Waals surface area (Å²) in [6, 6.07) is 14.4. The summed E-state index contributed by atoms with van der Waals surface area (Å²) in [4.78, 5) is 23.6. The molecule has 0 aliphatic heterocycles. The van der Waals surface area contributed by atoms with Gasteiger partial charge in [0.25, 0.3) is 0 Å². The molecule has 0 saturated carbocycles. The Morgan fingerprint density at radius 2 is 1.81 bits per heavy atom. The summed E-state index contributed by atoms with van der Waals surface area (Å²) >= 11 is 0. The Morgan fingerprint density at radius 3 is 2.54 bits per heavy atom. The fourth-order valence-electron chi connectivity index (χ4n) is 2.11. The van der Waals surface area contributed by atoms with Gasteiger partial charge in [0, 0.05) is 5.56 Å². The van der Waals surface area contributed by atoms with Crippen molar-refractivity contribution in [2.24, 2.45) is 0 Å². The number of aromatic nitrogens is 2. The maximum absolute atomic E-state index is 12.9. The molecule has 7 nitrogen and oxygen atoms in total. The summed E-state index contributed by atoms with van der Waals surface area (Å²) in [6.45, 7) is -0.176. The fraction of sp³-hybridized carbons (Fsp3) is 0.167. The molecule has 3 aromatic rings. The number of carbonyl (C=O) groups is 1. The molecule has 26 heavy (non-hydrogen) atoms. The van der Waals surface area contributed by atoms with Crippen molar-refractivity contribution in [2.75, 3.05) is 13.2 Å². The van der Waals surface area contributed by atoms with E-state index in [0.717, 1.165) is 4.68 Å². The maximum Gasteiger partial charge on any atom is 0.437 e. The second-order valence-electron chi connectivity index (χ2n) is 5.22. The lowest BCUT2D eigenvalue weighted by Crippen LogP contribution is -2.24. The van der Waals surface area contributed by atoms with Crippen LogP contribution in [0, 0.1) is 5.82 Å². The van der Waals surface area contributed by atoms with Crippen LogP contribution in [-0.4, -0.2) is 29.0 Å². The van der Waals surface area contributed by atoms with E-state index in [-0.39, 0.29) is 19.1 Å². The SMILES string of the molecule is O=C(Cn1nc(-c2ccc(F)cc2)oc1=O)OCCOc1ccccc1. The van der Waals surface area contributed by atoms with Crippen LogP contribution in [0.3, 0.4) is 0 Å². The number of benzene rings is 2. The van der Waals surface area contributed by atoms with Crippen LogP contribution in [0.1, 0.15) is 0 Å². The van der Waals surface area contributed by atoms with Crippen molar-refractivity contribution in [3.8, 4) is 17.2 Å². The zero-order valence-corrected chi connectivity index (χ0v) is 13.6. The van der Waals surface area contributed by atoms with Crippen LogP contribution in [0.2, 0.25) is 0 Å². The van der Waals surface area contributed by atoms with Crippen molar-refractivity contribution in [1.82, 2.24) is 9.78 Å². The molecule has 0 aliphatic rings. The first-order chi connectivity index (χ1) is 12.6. The first kappa shape index (κ1) is 17.4. The fourth-order valence-corrected chi connectivity index (χ4v) is 2.11. The molecular formula is C18H15FN2O5. The summed E-state index contributed by atoms with van der Waals surface area (Å²) in [5.74, 6) is -1.21. The third-order valence-electron chi connectivity index (χ3n) is 3.33. The third-order valence-corrected chi connectivity index (χ3v) is 3.33. The normalized spacial score (nSPS) is 10.5. The first-order valence-corrected chi connectivity index (χ1v) is 7.79. The molecule has 0 spiro atoms. The summed E-state index contributed by atoms with van der Waals surface area (Å²) in [5, 5.41) is 3.91. The number of esters is 1. The molecule has 0 saturated heterocycles. The average molecular weight is 358 g/mol. The molecule has 134 valence electrons. The number of ether oxygens (including phenoxy) is 2. The molecule has 0 amide bonds. The number of carbonyl (C=O) groups excluding carboxylic acids is 1. The van der Waals surface area contributed by atoms with E-state index in [4.69, 9.17) is 13.9 Å². The van der Waals surface area contributed by atoms with Crippen molar-refractivity contribution < 1.29 is 23.1 Å². The van der Waals surface area contributed by atoms with E-state index < -0.39 is 24.1 Å². The van der Waals surface area contributed by atoms with Gasteiger partial charge in [-0.25, -0.2) is 9.18 Å². The maximum atomic E-state index is 12.9. The quantitative estimate of drug-likeness (QED) is 0.476. The smallest absolute Gasteiger partial charge is 0.437 e. The highest BCUT2D eigenvalue weighted by atomic mass is 19.1. The minimum Gasteiger partial charge on any atom is -0.490 e. The predicted molar refractivity (Wildman–Crippen MR) is 89.1 cm³/mol.